The van der Waals surface area contributed by atoms with Gasteiger partial charge in [0.05, 0.1) is 5.75 Å². The summed E-state index contributed by atoms with van der Waals surface area (Å²) >= 11 is 0. The monoisotopic (exact) mass is 686 g/mol. The number of rotatable bonds is 12. The summed E-state index contributed by atoms with van der Waals surface area (Å²) in [6.07, 6.45) is -7.93. The minimum Gasteiger partial charge on any atom is -0.298 e. The van der Waals surface area contributed by atoms with Gasteiger partial charge in [0.1, 0.15) is 5.78 Å². The zero-order valence-corrected chi connectivity index (χ0v) is 21.8. The van der Waals surface area contributed by atoms with Gasteiger partial charge >= 0.3 is 57.1 Å². The molecule has 0 radical (unpaired) electrons. The molecule has 1 rings (SSSR count). The van der Waals surface area contributed by atoms with Crippen LogP contribution in [0.1, 0.15) is 33.1 Å². The van der Waals surface area contributed by atoms with E-state index < -0.39 is 96.4 Å². The Bertz CT molecular complexity index is 1080. The van der Waals surface area contributed by atoms with Crippen LogP contribution in [-0.4, -0.2) is 78.4 Å². The summed E-state index contributed by atoms with van der Waals surface area (Å²) in [5.74, 6) is -56.3. The fourth-order valence-electron chi connectivity index (χ4n) is 3.21. The lowest BCUT2D eigenvalue weighted by Crippen LogP contribution is -2.75. The highest BCUT2D eigenvalue weighted by Crippen LogP contribution is 2.65. The maximum atomic E-state index is 14.4. The summed E-state index contributed by atoms with van der Waals surface area (Å²) < 4.78 is 257. The zero-order valence-electron chi connectivity index (χ0n) is 20.2. The molecule has 0 N–H and O–H groups in total. The van der Waals surface area contributed by atoms with Crippen LogP contribution >= 0.6 is 10.3 Å². The van der Waals surface area contributed by atoms with Gasteiger partial charge in [-0.2, -0.15) is 83.1 Å². The van der Waals surface area contributed by atoms with Crippen LogP contribution in [0.4, 0.5) is 74.6 Å². The highest BCUT2D eigenvalue weighted by molar-refractivity contribution is 8.33. The molecule has 0 saturated carbocycles. The predicted molar refractivity (Wildman–Crippen MR) is 107 cm³/mol. The second kappa shape index (κ2) is 10.7. The lowest BCUT2D eigenvalue weighted by molar-refractivity contribution is -0.458. The average molecular weight is 686 g/mol. The Kier molecular flexibility index (Phi) is 9.88. The van der Waals surface area contributed by atoms with Gasteiger partial charge in [-0.05, 0) is 12.8 Å². The van der Waals surface area contributed by atoms with Crippen LogP contribution in [0.5, 0.6) is 0 Å². The fraction of sp³-hybridized carbons (Fsp3) is 0.944. The second-order valence-corrected chi connectivity index (χ2v) is 14.2. The summed E-state index contributed by atoms with van der Waals surface area (Å²) in [6.45, 7) is 2.38. The van der Waals surface area contributed by atoms with Crippen LogP contribution in [-0.2, 0) is 18.5 Å². The summed E-state index contributed by atoms with van der Waals surface area (Å²) in [5, 5.41) is -7.75. The Morgan fingerprint density at radius 1 is 0.634 bits per heavy atom. The number of alkyl halides is 17. The fourth-order valence-corrected chi connectivity index (χ4v) is 9.06. The van der Waals surface area contributed by atoms with Gasteiger partial charge in [-0.25, -0.2) is 3.63 Å². The molecule has 0 unspecified atom stereocenters. The van der Waals surface area contributed by atoms with E-state index in [2.05, 4.69) is 3.63 Å². The van der Waals surface area contributed by atoms with Crippen molar-refractivity contribution in [3.05, 3.63) is 0 Å². The van der Waals surface area contributed by atoms with E-state index in [1.807, 2.05) is 0 Å². The predicted octanol–water partition coefficient (Wildman–Crippen LogP) is 7.43. The molecular formula is C18H19F17O4S2. The third-order valence-electron chi connectivity index (χ3n) is 5.82. The topological polar surface area (TPSA) is 60.4 Å². The van der Waals surface area contributed by atoms with E-state index in [0.29, 0.717) is 0 Å². The van der Waals surface area contributed by atoms with Gasteiger partial charge in [0.15, 0.2) is 0 Å². The first-order valence-electron chi connectivity index (χ1n) is 10.7. The molecule has 23 heteroatoms. The molecule has 0 bridgehead atoms. The largest absolute Gasteiger partial charge is 0.460 e. The summed E-state index contributed by atoms with van der Waals surface area (Å²) in [4.78, 5) is 12.1. The SMILES string of the molecule is CC(C)C(=O)CS1(OS(=O)(=O)C(F)(F)C(F)(F)C(F)(F)C(F)(F)C(F)(F)C(F)(F)C(F)(F)C(F)(F)F)CCCCC1. The molecule has 1 fully saturated rings. The first-order valence-corrected chi connectivity index (χ1v) is 14.2. The van der Waals surface area contributed by atoms with Crippen LogP contribution in [0, 0.1) is 5.92 Å². The first kappa shape index (κ1) is 37.8. The summed E-state index contributed by atoms with van der Waals surface area (Å²) in [5.41, 5.74) is 0. The normalized spacial score (nSPS) is 19.8. The standard InChI is InChI=1S/C18H19F17O4S2/c1-9(2)10(36)8-40(6-4-3-5-7-40)39-41(37,38)18(34,35)16(29,30)14(25,26)12(21,22)11(19,20)13(23,24)15(27,28)17(31,32)33/h9H,3-8H2,1-2H3. The van der Waals surface area contributed by atoms with Crippen molar-refractivity contribution in [1.82, 2.24) is 0 Å². The second-order valence-electron chi connectivity index (χ2n) is 9.18. The van der Waals surface area contributed by atoms with Gasteiger partial charge in [0, 0.05) is 17.4 Å². The van der Waals surface area contributed by atoms with Gasteiger partial charge in [-0.3, -0.25) is 4.79 Å². The highest BCUT2D eigenvalue weighted by Gasteiger charge is 2.96. The van der Waals surface area contributed by atoms with Crippen molar-refractivity contribution in [2.45, 2.75) is 80.1 Å². The Hall–Kier alpha value is -1.26. The van der Waals surface area contributed by atoms with Crippen LogP contribution in [0.2, 0.25) is 0 Å². The summed E-state index contributed by atoms with van der Waals surface area (Å²) in [6, 6.07) is 0. The molecule has 0 aliphatic carbocycles. The van der Waals surface area contributed by atoms with Gasteiger partial charge in [-0.1, -0.05) is 20.3 Å². The molecule has 0 spiro atoms. The quantitative estimate of drug-likeness (QED) is 0.201. The molecule has 41 heavy (non-hydrogen) atoms. The van der Waals surface area contributed by atoms with Crippen molar-refractivity contribution >= 4 is 26.2 Å². The molecular weight excluding hydrogens is 667 g/mol. The van der Waals surface area contributed by atoms with Crippen molar-refractivity contribution in [1.29, 1.82) is 0 Å². The molecule has 1 aliphatic rings. The van der Waals surface area contributed by atoms with Crippen molar-refractivity contribution < 1.29 is 91.5 Å². The number of carbonyl (C=O) groups excluding carboxylic acids is 1. The number of Topliss-reactive ketones (excluding diaryl/α,β-unsaturated/α-hetero) is 1. The van der Waals surface area contributed by atoms with Crippen LogP contribution in [0.15, 0.2) is 0 Å². The van der Waals surface area contributed by atoms with Crippen LogP contribution in [0.3, 0.4) is 0 Å². The van der Waals surface area contributed by atoms with E-state index in [1.165, 1.54) is 13.8 Å². The van der Waals surface area contributed by atoms with Crippen molar-refractivity contribution in [2.75, 3.05) is 17.3 Å². The van der Waals surface area contributed by atoms with E-state index in [0.717, 1.165) is 0 Å². The number of halogens is 17. The molecule has 0 aromatic carbocycles. The Labute approximate surface area is 221 Å². The Morgan fingerprint density at radius 3 is 1.32 bits per heavy atom. The lowest BCUT2D eigenvalue weighted by Gasteiger charge is -2.44. The lowest BCUT2D eigenvalue weighted by atomic mass is 9.91. The maximum Gasteiger partial charge on any atom is 0.460 e. The van der Waals surface area contributed by atoms with E-state index >= 15 is 0 Å². The number of ketones is 1. The molecule has 0 aromatic rings. The van der Waals surface area contributed by atoms with E-state index in [-0.39, 0.29) is 19.3 Å². The van der Waals surface area contributed by atoms with Gasteiger partial charge in [0.2, 0.25) is 0 Å². The van der Waals surface area contributed by atoms with Crippen LogP contribution in [0.25, 0.3) is 0 Å². The molecule has 1 heterocycles. The van der Waals surface area contributed by atoms with Crippen molar-refractivity contribution in [2.24, 2.45) is 5.92 Å². The van der Waals surface area contributed by atoms with Crippen molar-refractivity contribution in [3.8, 4) is 0 Å². The molecule has 0 atom stereocenters. The average Bonchev–Trinajstić information content (AvgIpc) is 2.77. The zero-order chi connectivity index (χ0) is 33.1. The van der Waals surface area contributed by atoms with E-state index in [4.69, 9.17) is 0 Å². The van der Waals surface area contributed by atoms with Gasteiger partial charge < -0.3 is 0 Å². The van der Waals surface area contributed by atoms with E-state index in [9.17, 15) is 87.8 Å². The third kappa shape index (κ3) is 5.70. The van der Waals surface area contributed by atoms with Crippen LogP contribution < -0.4 is 0 Å². The Balaban J connectivity index is 3.71. The molecule has 1 aliphatic heterocycles. The molecule has 0 aromatic heterocycles. The summed E-state index contributed by atoms with van der Waals surface area (Å²) in [7, 11) is -11.5. The van der Waals surface area contributed by atoms with E-state index in [1.54, 1.807) is 0 Å². The van der Waals surface area contributed by atoms with Gasteiger partial charge in [0.25, 0.3) is 0 Å². The van der Waals surface area contributed by atoms with Gasteiger partial charge in [-0.15, -0.1) is 10.3 Å². The minimum atomic E-state index is -8.91. The molecule has 0 amide bonds. The number of hydrogen-bond acceptors (Lipinski definition) is 4. The number of hydrogen-bond donors (Lipinski definition) is 0. The molecule has 4 nitrogen and oxygen atoms in total. The maximum absolute atomic E-state index is 14.4. The Morgan fingerprint density at radius 2 is 0.976 bits per heavy atom. The number of carbonyl (C=O) groups is 1. The smallest absolute Gasteiger partial charge is 0.298 e. The first-order chi connectivity index (χ1) is 17.7. The molecule has 1 saturated heterocycles. The van der Waals surface area contributed by atoms with Crippen molar-refractivity contribution in [3.63, 3.8) is 0 Å². The molecule has 246 valence electrons. The highest BCUT2D eigenvalue weighted by atomic mass is 32.3. The minimum absolute atomic E-state index is 0.124. The third-order valence-corrected chi connectivity index (χ3v) is 11.5.